The van der Waals surface area contributed by atoms with Crippen LogP contribution in [-0.4, -0.2) is 49.3 Å². The molecule has 3 rings (SSSR count). The van der Waals surface area contributed by atoms with Gasteiger partial charge in [0, 0.05) is 50.9 Å². The van der Waals surface area contributed by atoms with Gasteiger partial charge in [-0.1, -0.05) is 30.3 Å². The zero-order valence-electron chi connectivity index (χ0n) is 15.7. The first-order valence-electron chi connectivity index (χ1n) is 9.30. The Balaban J connectivity index is 1.48. The van der Waals surface area contributed by atoms with Gasteiger partial charge in [-0.05, 0) is 29.7 Å². The molecule has 2 N–H and O–H groups in total. The molecule has 27 heavy (non-hydrogen) atoms. The monoisotopic (exact) mass is 369 g/mol. The molecule has 144 valence electrons. The van der Waals surface area contributed by atoms with Crippen molar-refractivity contribution in [3.05, 3.63) is 59.7 Å². The number of carbonyl (C=O) groups excluding carboxylic acids is 1. The summed E-state index contributed by atoms with van der Waals surface area (Å²) in [6.07, 6.45) is 0.925. The van der Waals surface area contributed by atoms with Crippen LogP contribution >= 0.6 is 0 Å². The summed E-state index contributed by atoms with van der Waals surface area (Å²) in [5.41, 5.74) is 5.26. The van der Waals surface area contributed by atoms with Crippen molar-refractivity contribution in [2.24, 2.45) is 0 Å². The summed E-state index contributed by atoms with van der Waals surface area (Å²) in [5, 5.41) is 8.54. The predicted molar refractivity (Wildman–Crippen MR) is 105 cm³/mol. The molecule has 0 bridgehead atoms. The van der Waals surface area contributed by atoms with Crippen LogP contribution in [0.1, 0.15) is 17.5 Å². The van der Waals surface area contributed by atoms with Crippen molar-refractivity contribution >= 4 is 11.6 Å². The normalized spacial score (nSPS) is 14.8. The highest BCUT2D eigenvalue weighted by molar-refractivity contribution is 5.74. The Morgan fingerprint density at radius 2 is 1.78 bits per heavy atom. The number of nitrogens with one attached hydrogen (secondary N) is 1. The molecule has 0 aromatic heterocycles. The van der Waals surface area contributed by atoms with E-state index >= 15 is 0 Å². The fourth-order valence-corrected chi connectivity index (χ4v) is 3.35. The molecular weight excluding hydrogens is 342 g/mol. The molecule has 0 spiro atoms. The molecular formula is C21H27N3O3. The molecule has 1 saturated heterocycles. The van der Waals surface area contributed by atoms with E-state index in [1.807, 2.05) is 12.1 Å². The average Bonchev–Trinajstić information content (AvgIpc) is 2.73. The molecule has 1 fully saturated rings. The number of nitrogens with zero attached hydrogens (tertiary/aromatic N) is 2. The van der Waals surface area contributed by atoms with E-state index in [9.17, 15) is 4.79 Å². The van der Waals surface area contributed by atoms with Gasteiger partial charge in [-0.3, -0.25) is 14.9 Å². The summed E-state index contributed by atoms with van der Waals surface area (Å²) in [5.74, 6) is 0.541. The third kappa shape index (κ3) is 5.45. The lowest BCUT2D eigenvalue weighted by molar-refractivity contribution is -0.129. The van der Waals surface area contributed by atoms with Crippen molar-refractivity contribution in [2.75, 3.05) is 38.2 Å². The minimum absolute atomic E-state index is 0.294. The van der Waals surface area contributed by atoms with Gasteiger partial charge in [-0.15, -0.1) is 0 Å². The quantitative estimate of drug-likeness (QED) is 0.580. The van der Waals surface area contributed by atoms with Crippen molar-refractivity contribution in [1.82, 2.24) is 10.4 Å². The molecule has 1 aliphatic rings. The minimum Gasteiger partial charge on any atom is -0.497 e. The average molecular weight is 369 g/mol. The molecule has 2 aromatic rings. The Morgan fingerprint density at radius 1 is 1.07 bits per heavy atom. The first-order chi connectivity index (χ1) is 13.2. The van der Waals surface area contributed by atoms with Crippen LogP contribution in [0.3, 0.4) is 0 Å². The Hall–Kier alpha value is -2.57. The zero-order chi connectivity index (χ0) is 19.1. The topological polar surface area (TPSA) is 65.0 Å². The van der Waals surface area contributed by atoms with Gasteiger partial charge in [0.2, 0.25) is 5.91 Å². The number of hydroxylamine groups is 1. The molecule has 0 unspecified atom stereocenters. The van der Waals surface area contributed by atoms with Crippen LogP contribution < -0.4 is 15.1 Å². The predicted octanol–water partition coefficient (Wildman–Crippen LogP) is 2.46. The SMILES string of the molecule is COc1cccc(N2CCN(Cc3ccc(CCC(=O)NO)cc3)CC2)c1. The number of aryl methyl sites for hydroxylation is 1. The first-order valence-corrected chi connectivity index (χ1v) is 9.30. The first kappa shape index (κ1) is 19.2. The Kier molecular flexibility index (Phi) is 6.68. The second-order valence-electron chi connectivity index (χ2n) is 6.82. The molecule has 1 amide bonds. The van der Waals surface area contributed by atoms with Crippen LogP contribution in [-0.2, 0) is 17.8 Å². The number of piperazine rings is 1. The molecule has 0 atom stereocenters. The van der Waals surface area contributed by atoms with Gasteiger partial charge >= 0.3 is 0 Å². The van der Waals surface area contributed by atoms with Crippen molar-refractivity contribution in [2.45, 2.75) is 19.4 Å². The number of hydrogen-bond donors (Lipinski definition) is 2. The molecule has 6 heteroatoms. The summed E-state index contributed by atoms with van der Waals surface area (Å²) in [6.45, 7) is 4.98. The lowest BCUT2D eigenvalue weighted by atomic mass is 10.1. The van der Waals surface area contributed by atoms with E-state index in [4.69, 9.17) is 9.94 Å². The summed E-state index contributed by atoms with van der Waals surface area (Å²) >= 11 is 0. The fourth-order valence-electron chi connectivity index (χ4n) is 3.35. The van der Waals surface area contributed by atoms with Crippen molar-refractivity contribution < 1.29 is 14.7 Å². The summed E-state index contributed by atoms with van der Waals surface area (Å²) in [4.78, 5) is 16.0. The molecule has 2 aromatic carbocycles. The number of anilines is 1. The van der Waals surface area contributed by atoms with Crippen LogP contribution in [0.2, 0.25) is 0 Å². The second-order valence-corrected chi connectivity index (χ2v) is 6.82. The number of methoxy groups -OCH3 is 1. The van der Waals surface area contributed by atoms with Gasteiger partial charge in [0.15, 0.2) is 0 Å². The molecule has 0 radical (unpaired) electrons. The second kappa shape index (κ2) is 9.39. The van der Waals surface area contributed by atoms with Crippen LogP contribution in [0.4, 0.5) is 5.69 Å². The van der Waals surface area contributed by atoms with E-state index in [1.54, 1.807) is 12.6 Å². The highest BCUT2D eigenvalue weighted by Crippen LogP contribution is 2.22. The van der Waals surface area contributed by atoms with Crippen LogP contribution in [0.15, 0.2) is 48.5 Å². The van der Waals surface area contributed by atoms with Crippen molar-refractivity contribution in [1.29, 1.82) is 0 Å². The van der Waals surface area contributed by atoms with E-state index in [1.165, 1.54) is 11.3 Å². The Labute approximate surface area is 160 Å². The molecule has 6 nitrogen and oxygen atoms in total. The molecule has 1 aliphatic heterocycles. The van der Waals surface area contributed by atoms with Crippen LogP contribution in [0.25, 0.3) is 0 Å². The molecule has 1 heterocycles. The Morgan fingerprint density at radius 3 is 2.44 bits per heavy atom. The van der Waals surface area contributed by atoms with Gasteiger partial charge in [0.1, 0.15) is 5.75 Å². The third-order valence-electron chi connectivity index (χ3n) is 4.99. The van der Waals surface area contributed by atoms with Crippen LogP contribution in [0, 0.1) is 0 Å². The van der Waals surface area contributed by atoms with Crippen molar-refractivity contribution in [3.63, 3.8) is 0 Å². The highest BCUT2D eigenvalue weighted by atomic mass is 16.5. The van der Waals surface area contributed by atoms with E-state index in [2.05, 4.69) is 46.2 Å². The minimum atomic E-state index is -0.354. The van der Waals surface area contributed by atoms with Gasteiger partial charge in [-0.25, -0.2) is 5.48 Å². The summed E-state index contributed by atoms with van der Waals surface area (Å²) in [7, 11) is 1.70. The zero-order valence-corrected chi connectivity index (χ0v) is 15.7. The number of amides is 1. The molecule has 0 saturated carbocycles. The number of ether oxygens (including phenoxy) is 1. The lowest BCUT2D eigenvalue weighted by Gasteiger charge is -2.36. The summed E-state index contributed by atoms with van der Waals surface area (Å²) < 4.78 is 5.32. The number of benzene rings is 2. The number of rotatable bonds is 7. The van der Waals surface area contributed by atoms with E-state index < -0.39 is 0 Å². The Bertz CT molecular complexity index is 741. The van der Waals surface area contributed by atoms with Gasteiger partial charge in [-0.2, -0.15) is 0 Å². The number of carbonyl (C=O) groups is 1. The standard InChI is InChI=1S/C21H27N3O3/c1-27-20-4-2-3-19(15-20)24-13-11-23(12-14-24)16-18-7-5-17(6-8-18)9-10-21(25)22-26/h2-8,15,26H,9-14,16H2,1H3,(H,22,25). The maximum atomic E-state index is 11.1. The largest absolute Gasteiger partial charge is 0.497 e. The van der Waals surface area contributed by atoms with E-state index in [-0.39, 0.29) is 5.91 Å². The maximum Gasteiger partial charge on any atom is 0.243 e. The highest BCUT2D eigenvalue weighted by Gasteiger charge is 2.17. The smallest absolute Gasteiger partial charge is 0.243 e. The fraction of sp³-hybridized carbons (Fsp3) is 0.381. The van der Waals surface area contributed by atoms with Gasteiger partial charge in [0.05, 0.1) is 7.11 Å². The summed E-state index contributed by atoms with van der Waals surface area (Å²) in [6, 6.07) is 16.6. The van der Waals surface area contributed by atoms with Crippen LogP contribution in [0.5, 0.6) is 5.75 Å². The number of hydrogen-bond acceptors (Lipinski definition) is 5. The lowest BCUT2D eigenvalue weighted by Crippen LogP contribution is -2.45. The van der Waals surface area contributed by atoms with Gasteiger partial charge < -0.3 is 9.64 Å². The third-order valence-corrected chi connectivity index (χ3v) is 4.99. The van der Waals surface area contributed by atoms with Crippen molar-refractivity contribution in [3.8, 4) is 5.75 Å². The maximum absolute atomic E-state index is 11.1. The van der Waals surface area contributed by atoms with E-state index in [0.29, 0.717) is 12.8 Å². The molecule has 0 aliphatic carbocycles. The van der Waals surface area contributed by atoms with E-state index in [0.717, 1.165) is 44.0 Å². The van der Waals surface area contributed by atoms with Gasteiger partial charge in [0.25, 0.3) is 0 Å².